The Morgan fingerprint density at radius 1 is 1.58 bits per heavy atom. The summed E-state index contributed by atoms with van der Waals surface area (Å²) in [7, 11) is 0. The smallest absolute Gasteiger partial charge is 0.340 e. The number of carbonyl (C=O) groups is 1. The van der Waals surface area contributed by atoms with Crippen molar-refractivity contribution < 1.29 is 9.53 Å². The number of ether oxygens (including phenoxy) is 1. The number of azide groups is 1. The molecule has 0 atom stereocenters. The first-order valence-electron chi connectivity index (χ1n) is 5.48. The highest BCUT2D eigenvalue weighted by Crippen LogP contribution is 2.31. The van der Waals surface area contributed by atoms with Gasteiger partial charge in [0.1, 0.15) is 0 Å². The molecule has 0 aliphatic rings. The number of hydrogen-bond donors (Lipinski definition) is 0. The average Bonchev–Trinajstić information content (AvgIpc) is 2.40. The zero-order chi connectivity index (χ0) is 13.8. The average molecular weight is 321 g/mol. The van der Waals surface area contributed by atoms with Crippen LogP contribution in [0, 0.1) is 0 Å². The molecule has 0 amide bonds. The largest absolute Gasteiger partial charge is 0.462 e. The lowest BCUT2D eigenvalue weighted by atomic mass is 10.1. The Kier molecular flexibility index (Phi) is 3.99. The van der Waals surface area contributed by atoms with Crippen LogP contribution < -0.4 is 0 Å². The van der Waals surface area contributed by atoms with Gasteiger partial charge in [-0.15, -0.1) is 0 Å². The summed E-state index contributed by atoms with van der Waals surface area (Å²) in [5.74, 6) is -0.556. The molecule has 1 aromatic heterocycles. The van der Waals surface area contributed by atoms with Gasteiger partial charge in [0.25, 0.3) is 0 Å². The topological polar surface area (TPSA) is 88.0 Å². The van der Waals surface area contributed by atoms with E-state index >= 15 is 0 Å². The van der Waals surface area contributed by atoms with Gasteiger partial charge in [0.2, 0.25) is 0 Å². The van der Waals surface area contributed by atoms with Crippen molar-refractivity contribution in [1.82, 2.24) is 4.98 Å². The molecule has 0 aliphatic carbocycles. The summed E-state index contributed by atoms with van der Waals surface area (Å²) in [6, 6.07) is 5.33. The first-order chi connectivity index (χ1) is 9.17. The summed E-state index contributed by atoms with van der Waals surface area (Å²) in [4.78, 5) is 18.7. The molecule has 2 aromatic rings. The molecule has 1 aromatic carbocycles. The first-order valence-corrected chi connectivity index (χ1v) is 6.27. The Morgan fingerprint density at radius 2 is 2.37 bits per heavy atom. The fourth-order valence-electron chi connectivity index (χ4n) is 1.66. The van der Waals surface area contributed by atoms with Gasteiger partial charge in [-0.05, 0) is 30.7 Å². The van der Waals surface area contributed by atoms with Crippen LogP contribution in [0.25, 0.3) is 21.3 Å². The van der Waals surface area contributed by atoms with Crippen LogP contribution in [-0.4, -0.2) is 17.6 Å². The highest BCUT2D eigenvalue weighted by Gasteiger charge is 2.15. The maximum Gasteiger partial charge on any atom is 0.340 e. The monoisotopic (exact) mass is 320 g/mol. The van der Waals surface area contributed by atoms with E-state index in [9.17, 15) is 4.79 Å². The minimum atomic E-state index is -0.556. The molecule has 0 radical (unpaired) electrons. The molecule has 0 saturated carbocycles. The zero-order valence-electron chi connectivity index (χ0n) is 10.00. The second-order valence-electron chi connectivity index (χ2n) is 3.59. The molecule has 0 unspecified atom stereocenters. The molecule has 6 nitrogen and oxygen atoms in total. The van der Waals surface area contributed by atoms with Gasteiger partial charge < -0.3 is 4.74 Å². The lowest BCUT2D eigenvalue weighted by molar-refractivity contribution is 0.0527. The number of benzene rings is 1. The van der Waals surface area contributed by atoms with E-state index in [1.54, 1.807) is 19.1 Å². The fraction of sp³-hybridized carbons (Fsp3) is 0.167. The molecule has 0 aliphatic heterocycles. The van der Waals surface area contributed by atoms with Gasteiger partial charge in [-0.1, -0.05) is 21.0 Å². The van der Waals surface area contributed by atoms with Gasteiger partial charge in [0, 0.05) is 21.0 Å². The number of fused-ring (bicyclic) bond motifs is 1. The molecule has 7 heteroatoms. The van der Waals surface area contributed by atoms with Crippen molar-refractivity contribution in [2.24, 2.45) is 5.11 Å². The maximum atomic E-state index is 11.8. The van der Waals surface area contributed by atoms with Gasteiger partial charge in [0.15, 0.2) is 0 Å². The van der Waals surface area contributed by atoms with Crippen LogP contribution >= 0.6 is 15.9 Å². The number of carbonyl (C=O) groups excluding carboxylic acids is 1. The summed E-state index contributed by atoms with van der Waals surface area (Å²) < 4.78 is 5.72. The number of esters is 1. The third-order valence-corrected chi connectivity index (χ3v) is 2.93. The van der Waals surface area contributed by atoms with Crippen LogP contribution in [0.2, 0.25) is 0 Å². The highest BCUT2D eigenvalue weighted by atomic mass is 79.9. The standard InChI is InChI=1S/C12H9BrN4O2/c1-2-19-12(18)9-6-15-10-4-3-7(13)5-8(10)11(9)16-17-14/h3-6H,2H2,1H3. The van der Waals surface area contributed by atoms with Crippen molar-refractivity contribution in [3.63, 3.8) is 0 Å². The van der Waals surface area contributed by atoms with E-state index in [4.69, 9.17) is 10.3 Å². The van der Waals surface area contributed by atoms with E-state index in [1.807, 2.05) is 6.07 Å². The van der Waals surface area contributed by atoms with Crippen LogP contribution in [-0.2, 0) is 4.74 Å². The van der Waals surface area contributed by atoms with Gasteiger partial charge in [0.05, 0.1) is 23.4 Å². The predicted octanol–water partition coefficient (Wildman–Crippen LogP) is 4.12. The summed E-state index contributed by atoms with van der Waals surface area (Å²) in [6.45, 7) is 1.95. The second-order valence-corrected chi connectivity index (χ2v) is 4.51. The Labute approximate surface area is 117 Å². The SMILES string of the molecule is CCOC(=O)c1cnc2ccc(Br)cc2c1N=[N+]=[N-]. The number of pyridine rings is 1. The quantitative estimate of drug-likeness (QED) is 0.369. The third-order valence-electron chi connectivity index (χ3n) is 2.44. The zero-order valence-corrected chi connectivity index (χ0v) is 11.6. The summed E-state index contributed by atoms with van der Waals surface area (Å²) in [6.07, 6.45) is 1.36. The molecule has 0 spiro atoms. The van der Waals surface area contributed by atoms with Gasteiger partial charge in [-0.25, -0.2) is 4.79 Å². The van der Waals surface area contributed by atoms with Crippen molar-refractivity contribution in [3.8, 4) is 0 Å². The molecule has 96 valence electrons. The number of hydrogen-bond acceptors (Lipinski definition) is 4. The molecule has 19 heavy (non-hydrogen) atoms. The number of aromatic nitrogens is 1. The molecule has 2 rings (SSSR count). The minimum absolute atomic E-state index is 0.158. The lowest BCUT2D eigenvalue weighted by Gasteiger charge is -2.07. The summed E-state index contributed by atoms with van der Waals surface area (Å²) >= 11 is 3.33. The molecular formula is C12H9BrN4O2. The maximum absolute atomic E-state index is 11.8. The van der Waals surface area contributed by atoms with Crippen molar-refractivity contribution in [2.45, 2.75) is 6.92 Å². The highest BCUT2D eigenvalue weighted by molar-refractivity contribution is 9.10. The Bertz CT molecular complexity index is 695. The van der Waals surface area contributed by atoms with Crippen LogP contribution in [0.3, 0.4) is 0 Å². The minimum Gasteiger partial charge on any atom is -0.462 e. The molecule has 0 saturated heterocycles. The van der Waals surface area contributed by atoms with Crippen LogP contribution in [0.15, 0.2) is 34.0 Å². The van der Waals surface area contributed by atoms with Crippen LogP contribution in [0.1, 0.15) is 17.3 Å². The van der Waals surface area contributed by atoms with Crippen molar-refractivity contribution in [1.29, 1.82) is 0 Å². The van der Waals surface area contributed by atoms with Crippen molar-refractivity contribution >= 4 is 38.5 Å². The van der Waals surface area contributed by atoms with E-state index < -0.39 is 5.97 Å². The molecule has 0 fully saturated rings. The van der Waals surface area contributed by atoms with Gasteiger partial charge in [-0.3, -0.25) is 4.98 Å². The fourth-order valence-corrected chi connectivity index (χ4v) is 2.02. The number of halogens is 1. The lowest BCUT2D eigenvalue weighted by Crippen LogP contribution is -2.05. The number of rotatable bonds is 3. The van der Waals surface area contributed by atoms with Gasteiger partial charge in [-0.2, -0.15) is 0 Å². The Balaban J connectivity index is 2.74. The van der Waals surface area contributed by atoms with Crippen LogP contribution in [0.5, 0.6) is 0 Å². The third kappa shape index (κ3) is 2.67. The van der Waals surface area contributed by atoms with Crippen molar-refractivity contribution in [3.05, 3.63) is 44.9 Å². The molecular weight excluding hydrogens is 312 g/mol. The summed E-state index contributed by atoms with van der Waals surface area (Å²) in [5.41, 5.74) is 9.68. The molecule has 0 bridgehead atoms. The van der Waals surface area contributed by atoms with Crippen molar-refractivity contribution in [2.75, 3.05) is 6.61 Å². The van der Waals surface area contributed by atoms with Crippen LogP contribution in [0.4, 0.5) is 5.69 Å². The van der Waals surface area contributed by atoms with E-state index in [2.05, 4.69) is 30.9 Å². The molecule has 1 heterocycles. The van der Waals surface area contributed by atoms with E-state index in [0.29, 0.717) is 10.9 Å². The Hall–Kier alpha value is -2.11. The Morgan fingerprint density at radius 3 is 3.05 bits per heavy atom. The second kappa shape index (κ2) is 5.69. The molecule has 0 N–H and O–H groups in total. The van der Waals surface area contributed by atoms with Gasteiger partial charge >= 0.3 is 5.97 Å². The summed E-state index contributed by atoms with van der Waals surface area (Å²) in [5, 5.41) is 4.19. The van der Waals surface area contributed by atoms with E-state index in [-0.39, 0.29) is 17.9 Å². The normalized spacial score (nSPS) is 10.0. The predicted molar refractivity (Wildman–Crippen MR) is 74.2 cm³/mol. The van der Waals surface area contributed by atoms with E-state index in [1.165, 1.54) is 6.20 Å². The first kappa shape index (κ1) is 13.3. The van der Waals surface area contributed by atoms with E-state index in [0.717, 1.165) is 4.47 Å². The number of nitrogens with zero attached hydrogens (tertiary/aromatic N) is 4.